The number of hydrogen-bond acceptors (Lipinski definition) is 6. The van der Waals surface area contributed by atoms with Gasteiger partial charge in [-0.05, 0) is 0 Å². The van der Waals surface area contributed by atoms with E-state index in [-0.39, 0.29) is 0 Å². The molecule has 82 valence electrons. The Morgan fingerprint density at radius 2 is 1.08 bits per heavy atom. The molecule has 0 aromatic heterocycles. The van der Waals surface area contributed by atoms with E-state index in [9.17, 15) is 0 Å². The van der Waals surface area contributed by atoms with Crippen LogP contribution in [-0.4, -0.2) is 35.7 Å². The van der Waals surface area contributed by atoms with Crippen molar-refractivity contribution in [1.82, 2.24) is 0 Å². The molecule has 3 N–H and O–H groups in total. The van der Waals surface area contributed by atoms with Crippen LogP contribution in [0.15, 0.2) is 0 Å². The van der Waals surface area contributed by atoms with Crippen LogP contribution in [-0.2, 0) is 13.6 Å². The fourth-order valence-electron chi connectivity index (χ4n) is 0.253. The molecule has 0 atom stereocenters. The quantitative estimate of drug-likeness (QED) is 0.443. The molecule has 0 saturated heterocycles. The summed E-state index contributed by atoms with van der Waals surface area (Å²) in [4.78, 5) is 0. The molecular weight excluding hydrogens is 199 g/mol. The van der Waals surface area contributed by atoms with Crippen LogP contribution >= 0.6 is 8.60 Å². The normalized spacial score (nSPS) is 9.69. The highest BCUT2D eigenvalue weighted by molar-refractivity contribution is 7.41. The summed E-state index contributed by atoms with van der Waals surface area (Å²) >= 11 is 0. The van der Waals surface area contributed by atoms with Gasteiger partial charge in [-0.1, -0.05) is 20.3 Å². The van der Waals surface area contributed by atoms with Crippen LogP contribution in [0.3, 0.4) is 0 Å². The van der Waals surface area contributed by atoms with Gasteiger partial charge in [0.1, 0.15) is 0 Å². The molecule has 7 heteroatoms. The first kappa shape index (κ1) is 15.7. The van der Waals surface area contributed by atoms with Gasteiger partial charge >= 0.3 is 8.60 Å². The molecule has 0 amide bonds. The monoisotopic (exact) mass is 216 g/mol. The minimum absolute atomic E-state index is 0.578. The van der Waals surface area contributed by atoms with E-state index < -0.39 is 29.0 Å². The fraction of sp³-hybridized carbons (Fsp3) is 1.00. The highest BCUT2D eigenvalue weighted by atomic mass is 31.2. The summed E-state index contributed by atoms with van der Waals surface area (Å²) in [6, 6.07) is 0. The van der Waals surface area contributed by atoms with Crippen LogP contribution in [0.1, 0.15) is 20.3 Å². The molecule has 0 spiro atoms. The Hall–Kier alpha value is 0.190. The average Bonchev–Trinajstić information content (AvgIpc) is 2.07. The van der Waals surface area contributed by atoms with E-state index in [4.69, 9.17) is 15.3 Å². The zero-order chi connectivity index (χ0) is 10.5. The van der Waals surface area contributed by atoms with E-state index in [0.717, 1.165) is 0 Å². The predicted molar refractivity (Wildman–Crippen MR) is 47.4 cm³/mol. The lowest BCUT2D eigenvalue weighted by Gasteiger charge is -2.11. The van der Waals surface area contributed by atoms with Crippen molar-refractivity contribution >= 4 is 8.60 Å². The molecule has 0 aromatic rings. The zero-order valence-corrected chi connectivity index (χ0v) is 8.74. The van der Waals surface area contributed by atoms with Gasteiger partial charge in [0.2, 0.25) is 0 Å². The Morgan fingerprint density at radius 3 is 1.23 bits per heavy atom. The van der Waals surface area contributed by atoms with E-state index in [2.05, 4.69) is 27.4 Å². The van der Waals surface area contributed by atoms with Crippen LogP contribution in [0.4, 0.5) is 0 Å². The van der Waals surface area contributed by atoms with Gasteiger partial charge in [0, 0.05) is 0 Å². The summed E-state index contributed by atoms with van der Waals surface area (Å²) in [5.41, 5.74) is 0. The second-order valence-corrected chi connectivity index (χ2v) is 2.93. The molecule has 0 aliphatic rings. The third kappa shape index (κ3) is 15.0. The van der Waals surface area contributed by atoms with Gasteiger partial charge in [-0.2, -0.15) is 0 Å². The molecule has 0 aliphatic heterocycles. The number of aliphatic hydroxyl groups excluding tert-OH is 3. The van der Waals surface area contributed by atoms with Gasteiger partial charge in [0.05, 0.1) is 0 Å². The van der Waals surface area contributed by atoms with Crippen molar-refractivity contribution in [2.24, 2.45) is 0 Å². The number of rotatable bonds is 6. The average molecular weight is 216 g/mol. The molecule has 0 fully saturated rings. The van der Waals surface area contributed by atoms with Gasteiger partial charge in [-0.15, -0.1) is 0 Å². The van der Waals surface area contributed by atoms with Crippen LogP contribution in [0.5, 0.6) is 0 Å². The first-order valence-corrected chi connectivity index (χ1v) is 4.87. The smallest absolute Gasteiger partial charge is 0.339 e. The Bertz CT molecular complexity index is 69.3. The van der Waals surface area contributed by atoms with E-state index >= 15 is 0 Å². The first-order valence-electron chi connectivity index (χ1n) is 3.78. The van der Waals surface area contributed by atoms with E-state index in [1.54, 1.807) is 0 Å². The molecule has 0 radical (unpaired) electrons. The van der Waals surface area contributed by atoms with Gasteiger partial charge in [-0.25, -0.2) is 0 Å². The third-order valence-corrected chi connectivity index (χ3v) is 1.47. The maximum atomic E-state index is 8.16. The van der Waals surface area contributed by atoms with Crippen LogP contribution in [0.2, 0.25) is 0 Å². The first-order chi connectivity index (χ1) is 6.26. The molecule has 13 heavy (non-hydrogen) atoms. The van der Waals surface area contributed by atoms with Crippen molar-refractivity contribution in [2.75, 3.05) is 20.4 Å². The standard InChI is InChI=1S/C3H9O6P.C3H8/c4-1-7-10(8-2-5)9-3-6;1-3-2/h4-6H,1-3H2;3H2,1-2H3. The maximum absolute atomic E-state index is 8.16. The van der Waals surface area contributed by atoms with E-state index in [1.807, 2.05) is 0 Å². The zero-order valence-electron chi connectivity index (χ0n) is 7.84. The van der Waals surface area contributed by atoms with Gasteiger partial charge < -0.3 is 15.3 Å². The second-order valence-electron chi connectivity index (χ2n) is 1.71. The lowest BCUT2D eigenvalue weighted by molar-refractivity contribution is 0.00275. The summed E-state index contributed by atoms with van der Waals surface area (Å²) in [7, 11) is -1.81. The molecule has 6 nitrogen and oxygen atoms in total. The molecule has 0 unspecified atom stereocenters. The lowest BCUT2D eigenvalue weighted by Crippen LogP contribution is -1.97. The molecule has 0 heterocycles. The van der Waals surface area contributed by atoms with Crippen molar-refractivity contribution in [1.29, 1.82) is 0 Å². The minimum Gasteiger partial charge on any atom is -0.370 e. The van der Waals surface area contributed by atoms with Crippen molar-refractivity contribution in [2.45, 2.75) is 20.3 Å². The van der Waals surface area contributed by atoms with Gasteiger partial charge in [0.25, 0.3) is 0 Å². The summed E-state index contributed by atoms with van der Waals surface area (Å²) in [6.07, 6.45) is 1.25. The highest BCUT2D eigenvalue weighted by Crippen LogP contribution is 2.38. The van der Waals surface area contributed by atoms with Crippen molar-refractivity contribution < 1.29 is 28.9 Å². The van der Waals surface area contributed by atoms with Crippen molar-refractivity contribution in [3.8, 4) is 0 Å². The minimum atomic E-state index is -1.81. The second kappa shape index (κ2) is 14.7. The summed E-state index contributed by atoms with van der Waals surface area (Å²) in [5, 5.41) is 24.5. The largest absolute Gasteiger partial charge is 0.370 e. The predicted octanol–water partition coefficient (Wildman–Crippen LogP) is 0.529. The summed E-state index contributed by atoms with van der Waals surface area (Å²) in [5.74, 6) is 0. The Morgan fingerprint density at radius 1 is 0.846 bits per heavy atom. The topological polar surface area (TPSA) is 88.4 Å². The highest BCUT2D eigenvalue weighted by Gasteiger charge is 2.09. The third-order valence-electron chi connectivity index (χ3n) is 0.489. The molecule has 0 aliphatic carbocycles. The Labute approximate surface area is 79.1 Å². The summed E-state index contributed by atoms with van der Waals surface area (Å²) < 4.78 is 13.1. The Kier molecular flexibility index (Phi) is 17.7. The van der Waals surface area contributed by atoms with Crippen LogP contribution in [0, 0.1) is 0 Å². The van der Waals surface area contributed by atoms with Crippen molar-refractivity contribution in [3.63, 3.8) is 0 Å². The van der Waals surface area contributed by atoms with Crippen molar-refractivity contribution in [3.05, 3.63) is 0 Å². The molecule has 0 aromatic carbocycles. The fourth-order valence-corrected chi connectivity index (χ4v) is 0.760. The Balaban J connectivity index is 0. The number of hydrogen-bond donors (Lipinski definition) is 3. The van der Waals surface area contributed by atoms with Gasteiger partial charge in [0.15, 0.2) is 20.4 Å². The molecule has 0 saturated carbocycles. The van der Waals surface area contributed by atoms with E-state index in [1.165, 1.54) is 6.42 Å². The molecule has 0 bridgehead atoms. The summed E-state index contributed by atoms with van der Waals surface area (Å²) in [6.45, 7) is 2.52. The van der Waals surface area contributed by atoms with Crippen LogP contribution in [0.25, 0.3) is 0 Å². The molecule has 0 rings (SSSR count). The molecular formula is C6H17O6P. The SMILES string of the molecule is CCC.OCOP(OCO)OCO. The van der Waals surface area contributed by atoms with E-state index in [0.29, 0.717) is 0 Å². The maximum Gasteiger partial charge on any atom is 0.339 e. The van der Waals surface area contributed by atoms with Crippen LogP contribution < -0.4 is 0 Å². The van der Waals surface area contributed by atoms with Gasteiger partial charge in [-0.3, -0.25) is 13.6 Å². The number of aliphatic hydroxyl groups is 3. The lowest BCUT2D eigenvalue weighted by atomic mass is 10.6.